The average Bonchev–Trinajstić information content (AvgIpc) is 2.28. The predicted octanol–water partition coefficient (Wildman–Crippen LogP) is 1.45. The highest BCUT2D eigenvalue weighted by atomic mass is 16.5. The van der Waals surface area contributed by atoms with Crippen molar-refractivity contribution >= 4 is 5.91 Å². The molecule has 15 heavy (non-hydrogen) atoms. The number of nitrogens with one attached hydrogen (secondary N) is 1. The van der Waals surface area contributed by atoms with Crippen LogP contribution in [0.4, 0.5) is 0 Å². The van der Waals surface area contributed by atoms with Crippen LogP contribution in [0.2, 0.25) is 0 Å². The molecule has 0 atom stereocenters. The van der Waals surface area contributed by atoms with Crippen molar-refractivity contribution in [1.29, 1.82) is 0 Å². The Labute approximate surface area is 89.2 Å². The number of ether oxygens (including phenoxy) is 2. The lowest BCUT2D eigenvalue weighted by Crippen LogP contribution is -2.23. The molecule has 1 amide bonds. The maximum Gasteiger partial charge on any atom is 0.255 e. The summed E-state index contributed by atoms with van der Waals surface area (Å²) in [7, 11) is 3.10. The Bertz CT molecular complexity index is 350. The third-order valence-electron chi connectivity index (χ3n) is 1.99. The lowest BCUT2D eigenvalue weighted by Gasteiger charge is -2.09. The van der Waals surface area contributed by atoms with Crippen LogP contribution in [0.1, 0.15) is 17.3 Å². The zero-order valence-corrected chi connectivity index (χ0v) is 9.16. The van der Waals surface area contributed by atoms with Gasteiger partial charge in [0, 0.05) is 12.6 Å². The molecule has 0 aliphatic heterocycles. The van der Waals surface area contributed by atoms with Crippen LogP contribution in [0.25, 0.3) is 0 Å². The molecule has 82 valence electrons. The van der Waals surface area contributed by atoms with E-state index in [1.807, 2.05) is 6.92 Å². The van der Waals surface area contributed by atoms with Crippen LogP contribution in [0.5, 0.6) is 11.5 Å². The normalized spacial score (nSPS) is 9.53. The van der Waals surface area contributed by atoms with Gasteiger partial charge >= 0.3 is 0 Å². The summed E-state index contributed by atoms with van der Waals surface area (Å²) in [5.41, 5.74) is 0.514. The number of rotatable bonds is 4. The van der Waals surface area contributed by atoms with Gasteiger partial charge in [-0.3, -0.25) is 4.79 Å². The van der Waals surface area contributed by atoms with Crippen LogP contribution < -0.4 is 14.8 Å². The number of amides is 1. The standard InChI is InChI=1S/C11H15NO3/c1-4-12-11(13)9-6-5-8(14-2)7-10(9)15-3/h5-7H,4H2,1-3H3,(H,12,13). The molecular formula is C11H15NO3. The van der Waals surface area contributed by atoms with Gasteiger partial charge in [0.05, 0.1) is 19.8 Å². The van der Waals surface area contributed by atoms with Crippen molar-refractivity contribution in [2.24, 2.45) is 0 Å². The molecule has 1 aromatic carbocycles. The third-order valence-corrected chi connectivity index (χ3v) is 1.99. The van der Waals surface area contributed by atoms with Crippen molar-refractivity contribution < 1.29 is 14.3 Å². The van der Waals surface area contributed by atoms with E-state index in [4.69, 9.17) is 9.47 Å². The first-order valence-electron chi connectivity index (χ1n) is 4.73. The molecule has 0 saturated carbocycles. The van der Waals surface area contributed by atoms with Gasteiger partial charge in [0.1, 0.15) is 11.5 Å². The van der Waals surface area contributed by atoms with Gasteiger partial charge < -0.3 is 14.8 Å². The lowest BCUT2D eigenvalue weighted by atomic mass is 10.2. The van der Waals surface area contributed by atoms with Crippen LogP contribution in [0.15, 0.2) is 18.2 Å². The lowest BCUT2D eigenvalue weighted by molar-refractivity contribution is 0.0953. The molecule has 4 nitrogen and oxygen atoms in total. The summed E-state index contributed by atoms with van der Waals surface area (Å²) in [5, 5.41) is 2.71. The number of carbonyl (C=O) groups is 1. The maximum atomic E-state index is 11.6. The van der Waals surface area contributed by atoms with E-state index in [0.29, 0.717) is 23.6 Å². The monoisotopic (exact) mass is 209 g/mol. The Morgan fingerprint density at radius 1 is 1.33 bits per heavy atom. The van der Waals surface area contributed by atoms with E-state index < -0.39 is 0 Å². The van der Waals surface area contributed by atoms with E-state index in [9.17, 15) is 4.79 Å². The second-order valence-corrected chi connectivity index (χ2v) is 2.93. The second kappa shape index (κ2) is 5.24. The fourth-order valence-corrected chi connectivity index (χ4v) is 1.24. The molecule has 0 saturated heterocycles. The minimum absolute atomic E-state index is 0.142. The average molecular weight is 209 g/mol. The van der Waals surface area contributed by atoms with Crippen LogP contribution in [-0.4, -0.2) is 26.7 Å². The zero-order valence-electron chi connectivity index (χ0n) is 9.16. The van der Waals surface area contributed by atoms with Crippen LogP contribution in [0, 0.1) is 0 Å². The number of hydrogen-bond acceptors (Lipinski definition) is 3. The molecule has 0 bridgehead atoms. The highest BCUT2D eigenvalue weighted by Crippen LogP contribution is 2.24. The third kappa shape index (κ3) is 2.62. The van der Waals surface area contributed by atoms with Gasteiger partial charge in [-0.05, 0) is 19.1 Å². The first-order chi connectivity index (χ1) is 7.22. The highest BCUT2D eigenvalue weighted by molar-refractivity contribution is 5.97. The molecule has 0 fully saturated rings. The van der Waals surface area contributed by atoms with E-state index in [-0.39, 0.29) is 5.91 Å². The summed E-state index contributed by atoms with van der Waals surface area (Å²) in [6.07, 6.45) is 0. The van der Waals surface area contributed by atoms with Gasteiger partial charge in [-0.25, -0.2) is 0 Å². The number of carbonyl (C=O) groups excluding carboxylic acids is 1. The predicted molar refractivity (Wildman–Crippen MR) is 57.6 cm³/mol. The Balaban J connectivity index is 3.02. The Morgan fingerprint density at radius 2 is 2.07 bits per heavy atom. The Kier molecular flexibility index (Phi) is 3.97. The van der Waals surface area contributed by atoms with E-state index in [0.717, 1.165) is 0 Å². The van der Waals surface area contributed by atoms with Crippen molar-refractivity contribution in [2.45, 2.75) is 6.92 Å². The molecule has 0 aliphatic carbocycles. The Morgan fingerprint density at radius 3 is 2.60 bits per heavy atom. The molecule has 1 N–H and O–H groups in total. The van der Waals surface area contributed by atoms with Gasteiger partial charge in [0.25, 0.3) is 5.91 Å². The quantitative estimate of drug-likeness (QED) is 0.816. The molecular weight excluding hydrogens is 194 g/mol. The van der Waals surface area contributed by atoms with Gasteiger partial charge in [-0.1, -0.05) is 0 Å². The number of methoxy groups -OCH3 is 2. The molecule has 0 unspecified atom stereocenters. The Hall–Kier alpha value is -1.71. The molecule has 1 rings (SSSR count). The highest BCUT2D eigenvalue weighted by Gasteiger charge is 2.11. The summed E-state index contributed by atoms with van der Waals surface area (Å²) in [5.74, 6) is 1.04. The van der Waals surface area contributed by atoms with E-state index in [1.165, 1.54) is 7.11 Å². The SMILES string of the molecule is CCNC(=O)c1ccc(OC)cc1OC. The first-order valence-corrected chi connectivity index (χ1v) is 4.73. The second-order valence-electron chi connectivity index (χ2n) is 2.93. The topological polar surface area (TPSA) is 47.6 Å². The summed E-state index contributed by atoms with van der Waals surface area (Å²) >= 11 is 0. The summed E-state index contributed by atoms with van der Waals surface area (Å²) in [6, 6.07) is 5.10. The fraction of sp³-hybridized carbons (Fsp3) is 0.364. The maximum absolute atomic E-state index is 11.6. The molecule has 0 aromatic heterocycles. The summed E-state index contributed by atoms with van der Waals surface area (Å²) < 4.78 is 10.2. The van der Waals surface area contributed by atoms with Crippen molar-refractivity contribution in [2.75, 3.05) is 20.8 Å². The van der Waals surface area contributed by atoms with E-state index in [1.54, 1.807) is 25.3 Å². The van der Waals surface area contributed by atoms with Crippen LogP contribution in [-0.2, 0) is 0 Å². The van der Waals surface area contributed by atoms with E-state index in [2.05, 4.69) is 5.32 Å². The minimum Gasteiger partial charge on any atom is -0.497 e. The van der Waals surface area contributed by atoms with Gasteiger partial charge in [0.2, 0.25) is 0 Å². The molecule has 0 aliphatic rings. The largest absolute Gasteiger partial charge is 0.497 e. The van der Waals surface area contributed by atoms with E-state index >= 15 is 0 Å². The fourth-order valence-electron chi connectivity index (χ4n) is 1.24. The molecule has 0 heterocycles. The van der Waals surface area contributed by atoms with Crippen molar-refractivity contribution in [1.82, 2.24) is 5.32 Å². The zero-order chi connectivity index (χ0) is 11.3. The molecule has 1 aromatic rings. The number of benzene rings is 1. The van der Waals surface area contributed by atoms with Gasteiger partial charge in [-0.15, -0.1) is 0 Å². The van der Waals surface area contributed by atoms with Crippen LogP contribution in [0.3, 0.4) is 0 Å². The van der Waals surface area contributed by atoms with Crippen molar-refractivity contribution in [3.8, 4) is 11.5 Å². The number of hydrogen-bond donors (Lipinski definition) is 1. The molecule has 0 spiro atoms. The molecule has 0 radical (unpaired) electrons. The van der Waals surface area contributed by atoms with Crippen molar-refractivity contribution in [3.05, 3.63) is 23.8 Å². The minimum atomic E-state index is -0.142. The smallest absolute Gasteiger partial charge is 0.255 e. The van der Waals surface area contributed by atoms with Gasteiger partial charge in [0.15, 0.2) is 0 Å². The van der Waals surface area contributed by atoms with Crippen LogP contribution >= 0.6 is 0 Å². The first kappa shape index (κ1) is 11.4. The van der Waals surface area contributed by atoms with Gasteiger partial charge in [-0.2, -0.15) is 0 Å². The summed E-state index contributed by atoms with van der Waals surface area (Å²) in [4.78, 5) is 11.6. The summed E-state index contributed by atoms with van der Waals surface area (Å²) in [6.45, 7) is 2.46. The van der Waals surface area contributed by atoms with Crippen molar-refractivity contribution in [3.63, 3.8) is 0 Å². The molecule has 4 heteroatoms.